The van der Waals surface area contributed by atoms with Crippen molar-refractivity contribution in [3.8, 4) is 0 Å². The van der Waals surface area contributed by atoms with Crippen LogP contribution in [0.15, 0.2) is 35.6 Å². The summed E-state index contributed by atoms with van der Waals surface area (Å²) in [6.45, 7) is 6.57. The Kier molecular flexibility index (Phi) is 4.24. The van der Waals surface area contributed by atoms with E-state index in [1.807, 2.05) is 6.08 Å². The maximum absolute atomic E-state index is 10.8. The summed E-state index contributed by atoms with van der Waals surface area (Å²) in [6, 6.07) is 0. The Morgan fingerprint density at radius 3 is 2.93 bits per heavy atom. The van der Waals surface area contributed by atoms with Crippen LogP contribution in [0.3, 0.4) is 0 Å². The van der Waals surface area contributed by atoms with Gasteiger partial charge in [0.25, 0.3) is 5.70 Å². The normalized spacial score (nSPS) is 17.8. The molecule has 0 saturated heterocycles. The molecule has 0 fully saturated rings. The van der Waals surface area contributed by atoms with Gasteiger partial charge in [0, 0.05) is 6.42 Å². The topological polar surface area (TPSA) is 52.4 Å². The standard InChI is InChI=1S/C11H15NO3/c1-3-10(11(4-2)12(13)14)9-5-7-15-8-6-9/h3,5H,1,4,6-8H2,2H3/b11-10-. The van der Waals surface area contributed by atoms with Gasteiger partial charge in [0.05, 0.1) is 23.7 Å². The summed E-state index contributed by atoms with van der Waals surface area (Å²) >= 11 is 0. The van der Waals surface area contributed by atoms with Crippen molar-refractivity contribution in [3.63, 3.8) is 0 Å². The summed E-state index contributed by atoms with van der Waals surface area (Å²) in [5.74, 6) is 0. The van der Waals surface area contributed by atoms with Crippen LogP contribution in [-0.2, 0) is 4.74 Å². The Balaban J connectivity index is 3.08. The van der Waals surface area contributed by atoms with Crippen LogP contribution in [0, 0.1) is 10.1 Å². The van der Waals surface area contributed by atoms with Crippen LogP contribution in [0.2, 0.25) is 0 Å². The van der Waals surface area contributed by atoms with Crippen LogP contribution in [-0.4, -0.2) is 18.1 Å². The molecule has 0 N–H and O–H groups in total. The van der Waals surface area contributed by atoms with Gasteiger partial charge in [0.2, 0.25) is 0 Å². The second-order valence-electron chi connectivity index (χ2n) is 3.23. The molecule has 0 radical (unpaired) electrons. The van der Waals surface area contributed by atoms with E-state index >= 15 is 0 Å². The first-order chi connectivity index (χ1) is 7.20. The van der Waals surface area contributed by atoms with Crippen LogP contribution in [0.5, 0.6) is 0 Å². The highest BCUT2D eigenvalue weighted by Crippen LogP contribution is 2.23. The number of nitro groups is 1. The molecule has 0 aromatic heterocycles. The van der Waals surface area contributed by atoms with E-state index in [4.69, 9.17) is 4.74 Å². The minimum atomic E-state index is -0.326. The van der Waals surface area contributed by atoms with Crippen molar-refractivity contribution in [3.05, 3.63) is 45.7 Å². The van der Waals surface area contributed by atoms with Crippen molar-refractivity contribution in [2.24, 2.45) is 0 Å². The molecule has 1 aliphatic rings. The van der Waals surface area contributed by atoms with Gasteiger partial charge >= 0.3 is 0 Å². The average molecular weight is 209 g/mol. The molecule has 0 saturated carbocycles. The van der Waals surface area contributed by atoms with E-state index < -0.39 is 0 Å². The predicted octanol–water partition coefficient (Wildman–Crippen LogP) is 2.46. The van der Waals surface area contributed by atoms with E-state index in [9.17, 15) is 10.1 Å². The van der Waals surface area contributed by atoms with Gasteiger partial charge in [-0.2, -0.15) is 0 Å². The summed E-state index contributed by atoms with van der Waals surface area (Å²) in [4.78, 5) is 10.5. The fourth-order valence-electron chi connectivity index (χ4n) is 1.62. The van der Waals surface area contributed by atoms with Gasteiger partial charge in [0.1, 0.15) is 0 Å². The molecule has 0 aromatic carbocycles. The van der Waals surface area contributed by atoms with E-state index in [2.05, 4.69) is 6.58 Å². The lowest BCUT2D eigenvalue weighted by atomic mass is 9.99. The molecule has 0 amide bonds. The van der Waals surface area contributed by atoms with E-state index in [1.54, 1.807) is 13.0 Å². The van der Waals surface area contributed by atoms with Gasteiger partial charge in [-0.15, -0.1) is 0 Å². The molecule has 1 aliphatic heterocycles. The Bertz CT molecular complexity index is 329. The van der Waals surface area contributed by atoms with E-state index in [0.29, 0.717) is 25.2 Å². The van der Waals surface area contributed by atoms with Gasteiger partial charge in [0.15, 0.2) is 0 Å². The van der Waals surface area contributed by atoms with Gasteiger partial charge in [-0.3, -0.25) is 10.1 Å². The summed E-state index contributed by atoms with van der Waals surface area (Å²) in [5.41, 5.74) is 1.87. The van der Waals surface area contributed by atoms with E-state index in [0.717, 1.165) is 12.0 Å². The fourth-order valence-corrected chi connectivity index (χ4v) is 1.62. The van der Waals surface area contributed by atoms with Crippen molar-refractivity contribution >= 4 is 0 Å². The zero-order valence-electron chi connectivity index (χ0n) is 8.86. The average Bonchev–Trinajstić information content (AvgIpc) is 2.26. The van der Waals surface area contributed by atoms with Crippen LogP contribution < -0.4 is 0 Å². The Morgan fingerprint density at radius 1 is 1.80 bits per heavy atom. The first-order valence-corrected chi connectivity index (χ1v) is 4.97. The molecular formula is C11H15NO3. The number of nitrogens with zero attached hydrogens (tertiary/aromatic N) is 1. The molecule has 15 heavy (non-hydrogen) atoms. The van der Waals surface area contributed by atoms with Gasteiger partial charge < -0.3 is 4.74 Å². The highest BCUT2D eigenvalue weighted by atomic mass is 16.6. The molecule has 0 unspecified atom stereocenters. The smallest absolute Gasteiger partial charge is 0.253 e. The third-order valence-corrected chi connectivity index (χ3v) is 2.38. The monoisotopic (exact) mass is 209 g/mol. The maximum atomic E-state index is 10.8. The van der Waals surface area contributed by atoms with Crippen molar-refractivity contribution in [1.29, 1.82) is 0 Å². The lowest BCUT2D eigenvalue weighted by Crippen LogP contribution is -2.09. The molecule has 0 bridgehead atoms. The number of rotatable bonds is 4. The SMILES string of the molecule is C=C/C(C1=CCOCC1)=C(\CC)[N+](=O)[O-]. The van der Waals surface area contributed by atoms with E-state index in [1.165, 1.54) is 0 Å². The number of ether oxygens (including phenoxy) is 1. The first kappa shape index (κ1) is 11.7. The molecule has 1 heterocycles. The lowest BCUT2D eigenvalue weighted by molar-refractivity contribution is -0.428. The molecular weight excluding hydrogens is 194 g/mol. The van der Waals surface area contributed by atoms with Crippen LogP contribution in [0.1, 0.15) is 19.8 Å². The van der Waals surface area contributed by atoms with Crippen molar-refractivity contribution in [2.45, 2.75) is 19.8 Å². The molecule has 1 rings (SSSR count). The van der Waals surface area contributed by atoms with Crippen molar-refractivity contribution in [2.75, 3.05) is 13.2 Å². The molecule has 4 nitrogen and oxygen atoms in total. The third-order valence-electron chi connectivity index (χ3n) is 2.38. The Hall–Kier alpha value is -1.42. The molecule has 0 aliphatic carbocycles. The summed E-state index contributed by atoms with van der Waals surface area (Å²) in [5, 5.41) is 10.8. The van der Waals surface area contributed by atoms with Gasteiger partial charge in [-0.1, -0.05) is 25.7 Å². The van der Waals surface area contributed by atoms with Crippen molar-refractivity contribution < 1.29 is 9.66 Å². The summed E-state index contributed by atoms with van der Waals surface area (Å²) < 4.78 is 5.17. The second kappa shape index (κ2) is 5.46. The number of hydrogen-bond donors (Lipinski definition) is 0. The molecule has 0 spiro atoms. The molecule has 0 aromatic rings. The minimum Gasteiger partial charge on any atom is -0.377 e. The highest BCUT2D eigenvalue weighted by Gasteiger charge is 2.18. The zero-order chi connectivity index (χ0) is 11.3. The fraction of sp³-hybridized carbons (Fsp3) is 0.455. The minimum absolute atomic E-state index is 0.234. The molecule has 0 atom stereocenters. The maximum Gasteiger partial charge on any atom is 0.253 e. The number of hydrogen-bond acceptors (Lipinski definition) is 3. The second-order valence-corrected chi connectivity index (χ2v) is 3.23. The van der Waals surface area contributed by atoms with Crippen molar-refractivity contribution in [1.82, 2.24) is 0 Å². The predicted molar refractivity (Wildman–Crippen MR) is 58.0 cm³/mol. The summed E-state index contributed by atoms with van der Waals surface area (Å²) in [6.07, 6.45) is 4.59. The summed E-state index contributed by atoms with van der Waals surface area (Å²) in [7, 11) is 0. The van der Waals surface area contributed by atoms with Crippen LogP contribution in [0.25, 0.3) is 0 Å². The quantitative estimate of drug-likeness (QED) is 0.406. The Labute approximate surface area is 89.1 Å². The molecule has 4 heteroatoms. The van der Waals surface area contributed by atoms with Gasteiger partial charge in [-0.25, -0.2) is 0 Å². The highest BCUT2D eigenvalue weighted by molar-refractivity contribution is 5.41. The largest absolute Gasteiger partial charge is 0.377 e. The van der Waals surface area contributed by atoms with Crippen LogP contribution in [0.4, 0.5) is 0 Å². The Morgan fingerprint density at radius 2 is 2.53 bits per heavy atom. The molecule has 82 valence electrons. The third kappa shape index (κ3) is 2.76. The first-order valence-electron chi connectivity index (χ1n) is 4.97. The zero-order valence-corrected chi connectivity index (χ0v) is 8.86. The van der Waals surface area contributed by atoms with Gasteiger partial charge in [-0.05, 0) is 12.0 Å². The van der Waals surface area contributed by atoms with E-state index in [-0.39, 0.29) is 10.6 Å². The number of allylic oxidation sites excluding steroid dienone is 3. The van der Waals surface area contributed by atoms with Crippen LogP contribution >= 0.6 is 0 Å². The lowest BCUT2D eigenvalue weighted by Gasteiger charge is -2.14.